The Morgan fingerprint density at radius 3 is 2.45 bits per heavy atom. The van der Waals surface area contributed by atoms with Crippen molar-refractivity contribution in [3.63, 3.8) is 0 Å². The Balaban J connectivity index is 2.64. The third kappa shape index (κ3) is 2.25. The van der Waals surface area contributed by atoms with Crippen LogP contribution in [0.2, 0.25) is 0 Å². The zero-order valence-corrected chi connectivity index (χ0v) is 12.4. The summed E-state index contributed by atoms with van der Waals surface area (Å²) in [4.78, 5) is 25.6. The van der Waals surface area contributed by atoms with E-state index in [0.717, 1.165) is 5.69 Å². The molecule has 0 spiro atoms. The minimum Gasteiger partial charge on any atom is -0.308 e. The summed E-state index contributed by atoms with van der Waals surface area (Å²) < 4.78 is 3.26. The van der Waals surface area contributed by atoms with Crippen molar-refractivity contribution >= 4 is 23.2 Å². The first-order valence-electron chi connectivity index (χ1n) is 6.15. The van der Waals surface area contributed by atoms with Gasteiger partial charge in [-0.1, -0.05) is 18.2 Å². The van der Waals surface area contributed by atoms with Crippen LogP contribution < -0.4 is 10.5 Å². The van der Waals surface area contributed by atoms with E-state index in [1.54, 1.807) is 25.7 Å². The number of alkyl halides is 1. The number of aromatic nitrogens is 2. The van der Waals surface area contributed by atoms with Crippen LogP contribution in [0.25, 0.3) is 5.69 Å². The molecule has 6 heteroatoms. The highest BCUT2D eigenvalue weighted by molar-refractivity contribution is 6.29. The van der Waals surface area contributed by atoms with Gasteiger partial charge in [0.05, 0.1) is 11.4 Å². The molecule has 1 aromatic heterocycles. The van der Waals surface area contributed by atoms with Crippen LogP contribution in [0.4, 0.5) is 5.69 Å². The van der Waals surface area contributed by atoms with Gasteiger partial charge in [-0.25, -0.2) is 4.68 Å². The average Bonchev–Trinajstić information content (AvgIpc) is 2.68. The van der Waals surface area contributed by atoms with Crippen molar-refractivity contribution in [2.75, 3.05) is 17.8 Å². The number of para-hydroxylation sites is 1. The Labute approximate surface area is 122 Å². The van der Waals surface area contributed by atoms with Crippen LogP contribution in [0.5, 0.6) is 0 Å². The molecule has 106 valence electrons. The lowest BCUT2D eigenvalue weighted by atomic mass is 10.3. The van der Waals surface area contributed by atoms with Gasteiger partial charge < -0.3 is 4.90 Å². The molecule has 2 aromatic rings. The smallest absolute Gasteiger partial charge is 0.295 e. The predicted octanol–water partition coefficient (Wildman–Crippen LogP) is 1.69. The highest BCUT2D eigenvalue weighted by atomic mass is 35.5. The summed E-state index contributed by atoms with van der Waals surface area (Å²) in [6.07, 6.45) is 0. The van der Waals surface area contributed by atoms with E-state index in [4.69, 9.17) is 11.6 Å². The molecule has 0 aliphatic carbocycles. The van der Waals surface area contributed by atoms with Crippen LogP contribution in [0.15, 0.2) is 35.1 Å². The van der Waals surface area contributed by atoms with Crippen molar-refractivity contribution in [3.05, 3.63) is 46.4 Å². The molecule has 0 saturated carbocycles. The topological polar surface area (TPSA) is 47.2 Å². The molecule has 1 amide bonds. The summed E-state index contributed by atoms with van der Waals surface area (Å²) in [6.45, 7) is 1.80. The van der Waals surface area contributed by atoms with E-state index in [1.165, 1.54) is 9.58 Å². The maximum absolute atomic E-state index is 12.6. The van der Waals surface area contributed by atoms with Crippen molar-refractivity contribution in [1.29, 1.82) is 0 Å². The predicted molar refractivity (Wildman–Crippen MR) is 79.9 cm³/mol. The minimum atomic E-state index is -0.308. The molecular weight excluding hydrogens is 278 g/mol. The van der Waals surface area contributed by atoms with E-state index in [-0.39, 0.29) is 17.3 Å². The number of carbonyl (C=O) groups is 1. The number of rotatable bonds is 3. The summed E-state index contributed by atoms with van der Waals surface area (Å²) in [7, 11) is 3.34. The number of anilines is 1. The van der Waals surface area contributed by atoms with E-state index < -0.39 is 0 Å². The van der Waals surface area contributed by atoms with Crippen LogP contribution in [-0.2, 0) is 11.8 Å². The molecule has 0 N–H and O–H groups in total. The van der Waals surface area contributed by atoms with E-state index in [9.17, 15) is 9.59 Å². The maximum atomic E-state index is 12.6. The second-order valence-corrected chi connectivity index (χ2v) is 4.76. The van der Waals surface area contributed by atoms with Crippen molar-refractivity contribution in [2.24, 2.45) is 7.05 Å². The van der Waals surface area contributed by atoms with Crippen LogP contribution in [0, 0.1) is 6.92 Å². The molecule has 0 bridgehead atoms. The maximum Gasteiger partial charge on any atom is 0.295 e. The average molecular weight is 294 g/mol. The summed E-state index contributed by atoms with van der Waals surface area (Å²) in [5, 5.41) is 0. The number of halogens is 1. The third-order valence-corrected chi connectivity index (χ3v) is 3.58. The largest absolute Gasteiger partial charge is 0.308 e. The van der Waals surface area contributed by atoms with Crippen LogP contribution >= 0.6 is 11.6 Å². The molecule has 0 saturated heterocycles. The normalized spacial score (nSPS) is 10.6. The number of carbonyl (C=O) groups excluding carboxylic acids is 1. The number of nitrogens with zero attached hydrogens (tertiary/aromatic N) is 3. The number of hydrogen-bond donors (Lipinski definition) is 0. The first kappa shape index (κ1) is 14.4. The lowest BCUT2D eigenvalue weighted by molar-refractivity contribution is -0.116. The Bertz CT molecular complexity index is 688. The number of amides is 1. The fourth-order valence-corrected chi connectivity index (χ4v) is 2.33. The highest BCUT2D eigenvalue weighted by Gasteiger charge is 2.22. The quantitative estimate of drug-likeness (QED) is 0.809. The lowest BCUT2D eigenvalue weighted by Crippen LogP contribution is -2.32. The van der Waals surface area contributed by atoms with Crippen molar-refractivity contribution in [3.8, 4) is 5.69 Å². The first-order valence-corrected chi connectivity index (χ1v) is 6.69. The van der Waals surface area contributed by atoms with E-state index in [1.807, 2.05) is 30.3 Å². The number of benzene rings is 1. The monoisotopic (exact) mass is 293 g/mol. The minimum absolute atomic E-state index is 0.157. The van der Waals surface area contributed by atoms with Gasteiger partial charge >= 0.3 is 0 Å². The highest BCUT2D eigenvalue weighted by Crippen LogP contribution is 2.17. The molecule has 0 fully saturated rings. The summed E-state index contributed by atoms with van der Waals surface area (Å²) in [5.41, 5.74) is 1.57. The Kier molecular flexibility index (Phi) is 3.99. The molecule has 0 unspecified atom stereocenters. The summed E-state index contributed by atoms with van der Waals surface area (Å²) in [6, 6.07) is 9.28. The number of hydrogen-bond acceptors (Lipinski definition) is 2. The van der Waals surface area contributed by atoms with Gasteiger partial charge in [0.15, 0.2) is 0 Å². The van der Waals surface area contributed by atoms with Crippen molar-refractivity contribution in [2.45, 2.75) is 6.92 Å². The Hall–Kier alpha value is -2.01. The van der Waals surface area contributed by atoms with E-state index in [0.29, 0.717) is 11.4 Å². The molecule has 0 aliphatic heterocycles. The SMILES string of the molecule is Cc1c(N(C)C(=O)CCl)c(=O)n(-c2ccccc2)n1C. The standard InChI is InChI=1S/C14H16ClN3O2/c1-10-13(16(2)12(19)9-15)14(20)18(17(10)3)11-7-5-4-6-8-11/h4-8H,9H2,1-3H3. The van der Waals surface area contributed by atoms with Crippen LogP contribution in [0.3, 0.4) is 0 Å². The second-order valence-electron chi connectivity index (χ2n) is 4.50. The third-order valence-electron chi connectivity index (χ3n) is 3.35. The molecule has 0 atom stereocenters. The van der Waals surface area contributed by atoms with Gasteiger partial charge in [0.1, 0.15) is 11.6 Å². The first-order chi connectivity index (χ1) is 9.49. The van der Waals surface area contributed by atoms with Crippen LogP contribution in [-0.4, -0.2) is 28.2 Å². The van der Waals surface area contributed by atoms with E-state index in [2.05, 4.69) is 0 Å². The Morgan fingerprint density at radius 2 is 1.90 bits per heavy atom. The van der Waals surface area contributed by atoms with Gasteiger partial charge in [0, 0.05) is 14.1 Å². The van der Waals surface area contributed by atoms with Gasteiger partial charge in [0.2, 0.25) is 5.91 Å². The zero-order chi connectivity index (χ0) is 14.9. The molecule has 0 aliphatic rings. The fourth-order valence-electron chi connectivity index (χ4n) is 2.15. The van der Waals surface area contributed by atoms with Gasteiger partial charge in [-0.05, 0) is 19.1 Å². The van der Waals surface area contributed by atoms with Gasteiger partial charge in [-0.15, -0.1) is 11.6 Å². The molecule has 0 radical (unpaired) electrons. The molecule has 1 heterocycles. The molecular formula is C14H16ClN3O2. The zero-order valence-electron chi connectivity index (χ0n) is 11.6. The fraction of sp³-hybridized carbons (Fsp3) is 0.286. The molecule has 20 heavy (non-hydrogen) atoms. The molecule has 2 rings (SSSR count). The second kappa shape index (κ2) is 5.54. The van der Waals surface area contributed by atoms with Gasteiger partial charge in [-0.2, -0.15) is 0 Å². The molecule has 1 aromatic carbocycles. The summed E-state index contributed by atoms with van der Waals surface area (Å²) in [5.74, 6) is -0.465. The van der Waals surface area contributed by atoms with Crippen molar-refractivity contribution < 1.29 is 4.79 Å². The summed E-state index contributed by atoms with van der Waals surface area (Å²) >= 11 is 5.56. The Morgan fingerprint density at radius 1 is 1.30 bits per heavy atom. The van der Waals surface area contributed by atoms with E-state index >= 15 is 0 Å². The van der Waals surface area contributed by atoms with Crippen molar-refractivity contribution in [1.82, 2.24) is 9.36 Å². The molecule has 5 nitrogen and oxygen atoms in total. The van der Waals surface area contributed by atoms with Gasteiger partial charge in [0.25, 0.3) is 5.56 Å². The van der Waals surface area contributed by atoms with Gasteiger partial charge in [-0.3, -0.25) is 14.3 Å². The lowest BCUT2D eigenvalue weighted by Gasteiger charge is -2.13. The van der Waals surface area contributed by atoms with Crippen LogP contribution in [0.1, 0.15) is 5.69 Å².